The molecule has 0 aromatic heterocycles. The molecule has 0 aromatic carbocycles. The summed E-state index contributed by atoms with van der Waals surface area (Å²) >= 11 is 4.61. The van der Waals surface area contributed by atoms with Gasteiger partial charge < -0.3 is 24.3 Å². The van der Waals surface area contributed by atoms with Crippen LogP contribution in [0.25, 0.3) is 0 Å². The first kappa shape index (κ1) is 35.9. The van der Waals surface area contributed by atoms with E-state index < -0.39 is 31.7 Å². The second-order valence-corrected chi connectivity index (χ2v) is 11.9. The van der Waals surface area contributed by atoms with E-state index in [4.69, 9.17) is 14.6 Å². The minimum absolute atomic E-state index is 0.326. The second-order valence-electron chi connectivity index (χ2n) is 10.3. The highest BCUT2D eigenvalue weighted by molar-refractivity contribution is 7.80. The van der Waals surface area contributed by atoms with Crippen molar-refractivity contribution in [2.45, 2.75) is 166 Å². The van der Waals surface area contributed by atoms with Crippen LogP contribution < -0.4 is 0 Å². The smallest absolute Gasteiger partial charge is 0.371 e. The standard InChI is InChI=1S/C28H57O6PS/c1-4-7-9-11-13-14-15-16-18-20-22-24(21-19-17-12-10-8-5-2)23-26(36)33-25(6-3)34-28(31,35-32)27(29)30/h24-26,31,36H,4-23,35H2,1-3H3,(H,29,30). The first-order valence-electron chi connectivity index (χ1n) is 14.8. The van der Waals surface area contributed by atoms with Crippen molar-refractivity contribution in [3.8, 4) is 0 Å². The third-order valence-electron chi connectivity index (χ3n) is 6.89. The fraction of sp³-hybridized carbons (Fsp3) is 0.964. The summed E-state index contributed by atoms with van der Waals surface area (Å²) in [6.45, 7) is 6.26. The lowest BCUT2D eigenvalue weighted by atomic mass is 9.91. The zero-order valence-electron chi connectivity index (χ0n) is 23.4. The molecule has 8 heteroatoms. The molecule has 0 aromatic rings. The average Bonchev–Trinajstić information content (AvgIpc) is 2.86. The normalized spacial score (nSPS) is 16.2. The molecule has 36 heavy (non-hydrogen) atoms. The summed E-state index contributed by atoms with van der Waals surface area (Å²) in [4.78, 5) is 11.2. The van der Waals surface area contributed by atoms with Crippen molar-refractivity contribution in [2.75, 3.05) is 0 Å². The molecule has 0 radical (unpaired) electrons. The Kier molecular flexibility index (Phi) is 24.0. The number of aliphatic hydroxyl groups is 1. The lowest BCUT2D eigenvalue weighted by Gasteiger charge is -2.28. The van der Waals surface area contributed by atoms with E-state index in [1.807, 2.05) is 0 Å². The third kappa shape index (κ3) is 19.1. The number of carboxylic acid groups (broad SMARTS) is 1. The van der Waals surface area contributed by atoms with Gasteiger partial charge in [-0.05, 0) is 18.8 Å². The van der Waals surface area contributed by atoms with E-state index in [2.05, 4.69) is 26.5 Å². The van der Waals surface area contributed by atoms with Gasteiger partial charge in [-0.25, -0.2) is 4.79 Å². The zero-order valence-corrected chi connectivity index (χ0v) is 25.5. The molecule has 0 spiro atoms. The van der Waals surface area contributed by atoms with Gasteiger partial charge in [-0.1, -0.05) is 136 Å². The van der Waals surface area contributed by atoms with E-state index in [9.17, 15) is 14.5 Å². The maximum atomic E-state index is 11.2. The first-order chi connectivity index (χ1) is 17.3. The summed E-state index contributed by atoms with van der Waals surface area (Å²) in [6, 6.07) is 0. The monoisotopic (exact) mass is 552 g/mol. The van der Waals surface area contributed by atoms with E-state index in [0.29, 0.717) is 12.3 Å². The zero-order chi connectivity index (χ0) is 27.1. The number of hydrogen-bond acceptors (Lipinski definition) is 6. The topological polar surface area (TPSA) is 93.1 Å². The van der Waals surface area contributed by atoms with Crippen LogP contribution in [0.15, 0.2) is 0 Å². The summed E-state index contributed by atoms with van der Waals surface area (Å²) in [5, 5.41) is 19.1. The van der Waals surface area contributed by atoms with Crippen molar-refractivity contribution in [2.24, 2.45) is 5.92 Å². The molecule has 5 atom stereocenters. The number of aliphatic carboxylic acids is 1. The lowest BCUT2D eigenvalue weighted by molar-refractivity contribution is -0.256. The molecule has 0 heterocycles. The number of hydrogen-bond donors (Lipinski definition) is 3. The number of thiol groups is 1. The Morgan fingerprint density at radius 1 is 0.806 bits per heavy atom. The summed E-state index contributed by atoms with van der Waals surface area (Å²) < 4.78 is 22.2. The lowest BCUT2D eigenvalue weighted by Crippen LogP contribution is -2.40. The Hall–Kier alpha value is -0.0700. The first-order valence-corrected chi connectivity index (χ1v) is 16.3. The van der Waals surface area contributed by atoms with Gasteiger partial charge >= 0.3 is 11.5 Å². The molecule has 0 bridgehead atoms. The quantitative estimate of drug-likeness (QED) is 0.0409. The minimum Gasteiger partial charge on any atom is -0.477 e. The van der Waals surface area contributed by atoms with E-state index in [-0.39, 0.29) is 0 Å². The van der Waals surface area contributed by atoms with Crippen molar-refractivity contribution in [3.63, 3.8) is 0 Å². The van der Waals surface area contributed by atoms with Gasteiger partial charge in [0.15, 0.2) is 6.29 Å². The molecule has 0 rings (SSSR count). The van der Waals surface area contributed by atoms with Gasteiger partial charge in [-0.3, -0.25) is 0 Å². The average molecular weight is 553 g/mol. The number of carbonyl (C=O) groups is 1. The van der Waals surface area contributed by atoms with Crippen molar-refractivity contribution >= 4 is 27.1 Å². The van der Waals surface area contributed by atoms with E-state index >= 15 is 0 Å². The molecular formula is C28H57O6PS. The van der Waals surface area contributed by atoms with Gasteiger partial charge in [-0.15, -0.1) is 12.6 Å². The van der Waals surface area contributed by atoms with Gasteiger partial charge in [0.25, 0.3) is 0 Å². The molecule has 6 nitrogen and oxygen atoms in total. The van der Waals surface area contributed by atoms with Crippen LogP contribution in [0, 0.1) is 5.92 Å². The molecule has 0 saturated heterocycles. The van der Waals surface area contributed by atoms with Crippen LogP contribution in [-0.2, 0) is 18.8 Å². The Morgan fingerprint density at radius 3 is 1.58 bits per heavy atom. The van der Waals surface area contributed by atoms with E-state index in [1.165, 1.54) is 103 Å². The van der Waals surface area contributed by atoms with Crippen LogP contribution in [0.2, 0.25) is 0 Å². The minimum atomic E-state index is -2.69. The summed E-state index contributed by atoms with van der Waals surface area (Å²) in [5.41, 5.74) is -3.12. The maximum absolute atomic E-state index is 11.2. The predicted molar refractivity (Wildman–Crippen MR) is 155 cm³/mol. The fourth-order valence-corrected chi connectivity index (χ4v) is 5.31. The molecule has 0 amide bonds. The van der Waals surface area contributed by atoms with Gasteiger partial charge in [0, 0.05) is 0 Å². The fourth-order valence-electron chi connectivity index (χ4n) is 4.57. The largest absolute Gasteiger partial charge is 0.477 e. The highest BCUT2D eigenvalue weighted by Gasteiger charge is 2.39. The molecule has 0 fully saturated rings. The predicted octanol–water partition coefficient (Wildman–Crippen LogP) is 8.57. The van der Waals surface area contributed by atoms with Crippen LogP contribution in [-0.4, -0.2) is 33.4 Å². The van der Waals surface area contributed by atoms with Gasteiger partial charge in [0.1, 0.15) is 13.9 Å². The van der Waals surface area contributed by atoms with E-state index in [1.54, 1.807) is 6.92 Å². The molecule has 0 aliphatic rings. The van der Waals surface area contributed by atoms with Crippen molar-refractivity contribution in [1.29, 1.82) is 0 Å². The second kappa shape index (κ2) is 24.0. The molecule has 2 N–H and O–H groups in total. The van der Waals surface area contributed by atoms with Crippen molar-refractivity contribution < 1.29 is 29.0 Å². The highest BCUT2D eigenvalue weighted by atomic mass is 32.1. The Balaban J connectivity index is 4.54. The molecule has 0 aliphatic carbocycles. The highest BCUT2D eigenvalue weighted by Crippen LogP contribution is 2.29. The summed E-state index contributed by atoms with van der Waals surface area (Å²) in [7, 11) is -2.07. The van der Waals surface area contributed by atoms with E-state index in [0.717, 1.165) is 19.3 Å². The summed E-state index contributed by atoms with van der Waals surface area (Å²) in [6.07, 6.45) is 23.3. The van der Waals surface area contributed by atoms with Crippen LogP contribution in [0.1, 0.15) is 149 Å². The van der Waals surface area contributed by atoms with Crippen molar-refractivity contribution in [1.82, 2.24) is 0 Å². The van der Waals surface area contributed by atoms with Gasteiger partial charge in [0.2, 0.25) is 0 Å². The maximum Gasteiger partial charge on any atom is 0.371 e. The van der Waals surface area contributed by atoms with Crippen LogP contribution in [0.4, 0.5) is 0 Å². The van der Waals surface area contributed by atoms with Crippen LogP contribution >= 0.6 is 21.1 Å². The van der Waals surface area contributed by atoms with Crippen LogP contribution in [0.5, 0.6) is 0 Å². The molecule has 216 valence electrons. The third-order valence-corrected chi connectivity index (χ3v) is 7.92. The number of unbranched alkanes of at least 4 members (excludes halogenated alkanes) is 14. The Morgan fingerprint density at radius 2 is 1.22 bits per heavy atom. The summed E-state index contributed by atoms with van der Waals surface area (Å²) in [5.74, 6) is -1.17. The number of carboxylic acids is 1. The van der Waals surface area contributed by atoms with Gasteiger partial charge in [0.05, 0.1) is 0 Å². The molecule has 0 aliphatic heterocycles. The molecule has 0 saturated carbocycles. The number of rotatable bonds is 27. The SMILES string of the molecule is CCCCCCCCCCCCC(CCCCCCCC)CC(S)OC(CC)OC(O)([PH2]=O)C(=O)O. The Labute approximate surface area is 228 Å². The van der Waals surface area contributed by atoms with Gasteiger partial charge in [-0.2, -0.15) is 0 Å². The number of ether oxygens (including phenoxy) is 2. The Bertz CT molecular complexity index is 538. The van der Waals surface area contributed by atoms with Crippen molar-refractivity contribution in [3.05, 3.63) is 0 Å². The van der Waals surface area contributed by atoms with Crippen LogP contribution in [0.3, 0.4) is 0 Å². The molecule has 5 unspecified atom stereocenters. The molecular weight excluding hydrogens is 495 g/mol.